The van der Waals surface area contributed by atoms with Crippen molar-refractivity contribution in [3.05, 3.63) is 0 Å². The SMILES string of the molecule is CSCC(=O)N1CCC2CCNC2C1. The number of hydrogen-bond donors (Lipinski definition) is 1. The predicted molar refractivity (Wildman–Crippen MR) is 59.5 cm³/mol. The molecule has 0 bridgehead atoms. The van der Waals surface area contributed by atoms with Crippen molar-refractivity contribution in [2.75, 3.05) is 31.6 Å². The number of piperidine rings is 1. The second-order valence-electron chi connectivity index (χ2n) is 4.17. The Bertz CT molecular complexity index is 222. The van der Waals surface area contributed by atoms with Crippen LogP contribution in [0.3, 0.4) is 0 Å². The lowest BCUT2D eigenvalue weighted by molar-refractivity contribution is -0.130. The lowest BCUT2D eigenvalue weighted by Crippen LogP contribution is -2.49. The molecule has 0 aromatic carbocycles. The largest absolute Gasteiger partial charge is 0.340 e. The molecule has 2 heterocycles. The highest BCUT2D eigenvalue weighted by Gasteiger charge is 2.33. The van der Waals surface area contributed by atoms with Crippen LogP contribution in [0.1, 0.15) is 12.8 Å². The van der Waals surface area contributed by atoms with E-state index in [-0.39, 0.29) is 0 Å². The third kappa shape index (κ3) is 2.06. The van der Waals surface area contributed by atoms with E-state index in [9.17, 15) is 4.79 Å². The molecule has 2 rings (SSSR count). The smallest absolute Gasteiger partial charge is 0.232 e. The minimum absolute atomic E-state index is 0.310. The third-order valence-electron chi connectivity index (χ3n) is 3.30. The maximum Gasteiger partial charge on any atom is 0.232 e. The summed E-state index contributed by atoms with van der Waals surface area (Å²) in [4.78, 5) is 13.7. The van der Waals surface area contributed by atoms with Crippen molar-refractivity contribution in [2.45, 2.75) is 18.9 Å². The lowest BCUT2D eigenvalue weighted by atomic mass is 9.92. The maximum atomic E-state index is 11.7. The first kappa shape index (κ1) is 10.3. The van der Waals surface area contributed by atoms with Gasteiger partial charge in [-0.2, -0.15) is 11.8 Å². The van der Waals surface area contributed by atoms with E-state index in [1.807, 2.05) is 11.2 Å². The van der Waals surface area contributed by atoms with Gasteiger partial charge in [0, 0.05) is 19.1 Å². The number of nitrogens with zero attached hydrogens (tertiary/aromatic N) is 1. The topological polar surface area (TPSA) is 32.3 Å². The van der Waals surface area contributed by atoms with Crippen molar-refractivity contribution < 1.29 is 4.79 Å². The van der Waals surface area contributed by atoms with Crippen LogP contribution in [-0.4, -0.2) is 48.5 Å². The Morgan fingerprint density at radius 2 is 2.43 bits per heavy atom. The van der Waals surface area contributed by atoms with Crippen LogP contribution in [0.2, 0.25) is 0 Å². The molecule has 2 atom stereocenters. The average molecular weight is 214 g/mol. The molecule has 80 valence electrons. The molecule has 0 aromatic rings. The van der Waals surface area contributed by atoms with E-state index in [1.165, 1.54) is 12.8 Å². The van der Waals surface area contributed by atoms with Gasteiger partial charge in [0.25, 0.3) is 0 Å². The first-order valence-electron chi connectivity index (χ1n) is 5.31. The summed E-state index contributed by atoms with van der Waals surface area (Å²) in [6.07, 6.45) is 4.48. The molecule has 1 N–H and O–H groups in total. The van der Waals surface area contributed by atoms with Crippen molar-refractivity contribution in [2.24, 2.45) is 5.92 Å². The summed E-state index contributed by atoms with van der Waals surface area (Å²) in [5, 5.41) is 3.48. The number of nitrogens with one attached hydrogen (secondary N) is 1. The highest BCUT2D eigenvalue weighted by atomic mass is 32.2. The quantitative estimate of drug-likeness (QED) is 0.729. The first-order chi connectivity index (χ1) is 6.81. The van der Waals surface area contributed by atoms with Crippen LogP contribution in [0.15, 0.2) is 0 Å². The number of carbonyl (C=O) groups is 1. The van der Waals surface area contributed by atoms with Crippen LogP contribution in [0, 0.1) is 5.92 Å². The number of thioether (sulfide) groups is 1. The van der Waals surface area contributed by atoms with Crippen molar-refractivity contribution in [3.8, 4) is 0 Å². The average Bonchev–Trinajstić information content (AvgIpc) is 2.64. The number of hydrogen-bond acceptors (Lipinski definition) is 3. The Morgan fingerprint density at radius 1 is 1.57 bits per heavy atom. The van der Waals surface area contributed by atoms with E-state index in [2.05, 4.69) is 5.32 Å². The highest BCUT2D eigenvalue weighted by molar-refractivity contribution is 7.99. The molecule has 2 saturated heterocycles. The first-order valence-corrected chi connectivity index (χ1v) is 6.70. The van der Waals surface area contributed by atoms with E-state index in [0.29, 0.717) is 17.7 Å². The number of likely N-dealkylation sites (tertiary alicyclic amines) is 1. The van der Waals surface area contributed by atoms with Crippen LogP contribution in [0.5, 0.6) is 0 Å². The zero-order valence-corrected chi connectivity index (χ0v) is 9.48. The monoisotopic (exact) mass is 214 g/mol. The fourth-order valence-corrected chi connectivity index (χ4v) is 2.90. The zero-order valence-electron chi connectivity index (χ0n) is 8.66. The van der Waals surface area contributed by atoms with Crippen LogP contribution in [-0.2, 0) is 4.79 Å². The Hall–Kier alpha value is -0.220. The normalized spacial score (nSPS) is 31.6. The lowest BCUT2D eigenvalue weighted by Gasteiger charge is -2.34. The van der Waals surface area contributed by atoms with E-state index in [4.69, 9.17) is 0 Å². The van der Waals surface area contributed by atoms with Gasteiger partial charge in [-0.05, 0) is 31.6 Å². The fraction of sp³-hybridized carbons (Fsp3) is 0.900. The molecule has 0 aliphatic carbocycles. The Labute approximate surface area is 89.6 Å². The van der Waals surface area contributed by atoms with Crippen LogP contribution in [0.25, 0.3) is 0 Å². The van der Waals surface area contributed by atoms with Gasteiger partial charge in [-0.3, -0.25) is 4.79 Å². The number of fused-ring (bicyclic) bond motifs is 1. The second kappa shape index (κ2) is 4.53. The van der Waals surface area contributed by atoms with Gasteiger partial charge in [-0.15, -0.1) is 0 Å². The minimum atomic E-state index is 0.310. The van der Waals surface area contributed by atoms with Gasteiger partial charge in [0.2, 0.25) is 5.91 Å². The van der Waals surface area contributed by atoms with Gasteiger partial charge >= 0.3 is 0 Å². The molecule has 14 heavy (non-hydrogen) atoms. The van der Waals surface area contributed by atoms with Gasteiger partial charge in [0.15, 0.2) is 0 Å². The van der Waals surface area contributed by atoms with Gasteiger partial charge in [-0.25, -0.2) is 0 Å². The molecule has 3 nitrogen and oxygen atoms in total. The van der Waals surface area contributed by atoms with Gasteiger partial charge in [0.05, 0.1) is 5.75 Å². The molecule has 1 amide bonds. The molecule has 2 aliphatic heterocycles. The fourth-order valence-electron chi connectivity index (χ4n) is 2.47. The molecule has 2 unspecified atom stereocenters. The summed E-state index contributed by atoms with van der Waals surface area (Å²) in [6.45, 7) is 3.05. The molecule has 4 heteroatoms. The summed E-state index contributed by atoms with van der Waals surface area (Å²) in [5.74, 6) is 1.77. The number of amides is 1. The zero-order chi connectivity index (χ0) is 9.97. The molecule has 2 fully saturated rings. The van der Waals surface area contributed by atoms with Crippen molar-refractivity contribution in [1.82, 2.24) is 10.2 Å². The molecular weight excluding hydrogens is 196 g/mol. The minimum Gasteiger partial charge on any atom is -0.340 e. The van der Waals surface area contributed by atoms with Crippen LogP contribution < -0.4 is 5.32 Å². The highest BCUT2D eigenvalue weighted by Crippen LogP contribution is 2.25. The molecule has 0 radical (unpaired) electrons. The summed E-state index contributed by atoms with van der Waals surface area (Å²) in [7, 11) is 0. The van der Waals surface area contributed by atoms with E-state index in [0.717, 1.165) is 25.6 Å². The van der Waals surface area contributed by atoms with Crippen molar-refractivity contribution in [1.29, 1.82) is 0 Å². The van der Waals surface area contributed by atoms with Crippen LogP contribution >= 0.6 is 11.8 Å². The van der Waals surface area contributed by atoms with Crippen molar-refractivity contribution in [3.63, 3.8) is 0 Å². The summed E-state index contributed by atoms with van der Waals surface area (Å²) < 4.78 is 0. The van der Waals surface area contributed by atoms with Gasteiger partial charge in [-0.1, -0.05) is 0 Å². The Kier molecular flexibility index (Phi) is 3.34. The van der Waals surface area contributed by atoms with E-state index >= 15 is 0 Å². The van der Waals surface area contributed by atoms with E-state index < -0.39 is 0 Å². The summed E-state index contributed by atoms with van der Waals surface area (Å²) in [6, 6.07) is 0.578. The molecule has 0 aromatic heterocycles. The number of carbonyl (C=O) groups excluding carboxylic acids is 1. The van der Waals surface area contributed by atoms with Gasteiger partial charge in [0.1, 0.15) is 0 Å². The molecule has 2 aliphatic rings. The molecule has 0 saturated carbocycles. The van der Waals surface area contributed by atoms with E-state index in [1.54, 1.807) is 11.8 Å². The molecule has 0 spiro atoms. The third-order valence-corrected chi connectivity index (χ3v) is 3.83. The number of rotatable bonds is 2. The molecular formula is C10H18N2OS. The summed E-state index contributed by atoms with van der Waals surface area (Å²) >= 11 is 1.62. The van der Waals surface area contributed by atoms with Crippen molar-refractivity contribution >= 4 is 17.7 Å². The standard InChI is InChI=1S/C10H18N2OS/c1-14-7-10(13)12-5-3-8-2-4-11-9(8)6-12/h8-9,11H,2-7H2,1H3. The Morgan fingerprint density at radius 3 is 3.21 bits per heavy atom. The Balaban J connectivity index is 1.87. The maximum absolute atomic E-state index is 11.7. The van der Waals surface area contributed by atoms with Gasteiger partial charge < -0.3 is 10.2 Å². The second-order valence-corrected chi connectivity index (χ2v) is 5.04. The van der Waals surface area contributed by atoms with Crippen LogP contribution in [0.4, 0.5) is 0 Å². The summed E-state index contributed by atoms with van der Waals surface area (Å²) in [5.41, 5.74) is 0. The predicted octanol–water partition coefficient (Wildman–Crippen LogP) is 0.560.